The van der Waals surface area contributed by atoms with Crippen molar-refractivity contribution in [3.05, 3.63) is 65.3 Å². The third-order valence-corrected chi connectivity index (χ3v) is 9.23. The Kier molecular flexibility index (Phi) is 6.87. The van der Waals surface area contributed by atoms with Gasteiger partial charge in [-0.05, 0) is 38.1 Å². The highest BCUT2D eigenvalue weighted by atomic mass is 35.5. The standard InChI is InChI=1S/C21H22ClN7O2S3/c1-12(2)34(30,31)17-6-4-3-5-16(17)26-18-15(22)11-25-21(24,27-18)13-7-9-14(10-8-13)32-20-29-28-19(23)33-20/h3-12,25H,24H2,1-2H3,(H2,23,28)(H,26,27). The molecule has 1 atom stereocenters. The Hall–Kier alpha value is -2.64. The zero-order valence-electron chi connectivity index (χ0n) is 18.2. The molecule has 3 aromatic rings. The lowest BCUT2D eigenvalue weighted by molar-refractivity contribution is 0.409. The van der Waals surface area contributed by atoms with Gasteiger partial charge in [0.15, 0.2) is 14.2 Å². The van der Waals surface area contributed by atoms with E-state index in [1.807, 2.05) is 24.3 Å². The third kappa shape index (κ3) is 5.05. The molecule has 0 aliphatic carbocycles. The number of hydrogen-bond donors (Lipinski definition) is 4. The number of nitrogens with one attached hydrogen (secondary N) is 2. The molecule has 178 valence electrons. The first-order valence-corrected chi connectivity index (χ1v) is 13.6. The molecule has 0 saturated heterocycles. The van der Waals surface area contributed by atoms with Crippen LogP contribution >= 0.6 is 34.7 Å². The number of hydrogen-bond acceptors (Lipinski definition) is 11. The maximum absolute atomic E-state index is 12.8. The van der Waals surface area contributed by atoms with E-state index in [1.165, 1.54) is 29.3 Å². The van der Waals surface area contributed by atoms with Gasteiger partial charge in [0.1, 0.15) is 5.84 Å². The number of sulfone groups is 1. The number of nitrogens with zero attached hydrogens (tertiary/aromatic N) is 3. The first-order chi connectivity index (χ1) is 16.1. The number of nitrogens with two attached hydrogens (primary N) is 2. The predicted molar refractivity (Wildman–Crippen MR) is 138 cm³/mol. The lowest BCUT2D eigenvalue weighted by Gasteiger charge is -2.31. The number of rotatable bonds is 6. The number of anilines is 2. The quantitative estimate of drug-likeness (QED) is 0.370. The van der Waals surface area contributed by atoms with E-state index in [9.17, 15) is 8.42 Å². The van der Waals surface area contributed by atoms with E-state index in [2.05, 4.69) is 25.8 Å². The summed E-state index contributed by atoms with van der Waals surface area (Å²) in [6.07, 6.45) is 1.53. The maximum atomic E-state index is 12.8. The molecule has 2 heterocycles. The molecule has 0 amide bonds. The molecule has 2 aromatic carbocycles. The van der Waals surface area contributed by atoms with Crippen molar-refractivity contribution in [1.82, 2.24) is 15.5 Å². The summed E-state index contributed by atoms with van der Waals surface area (Å²) in [6, 6.07) is 14.1. The first-order valence-electron chi connectivity index (χ1n) is 10.1. The highest BCUT2D eigenvalue weighted by molar-refractivity contribution is 8.01. The van der Waals surface area contributed by atoms with Crippen molar-refractivity contribution < 1.29 is 8.42 Å². The summed E-state index contributed by atoms with van der Waals surface area (Å²) in [5, 5.41) is 14.0. The van der Waals surface area contributed by atoms with Crippen LogP contribution in [0.25, 0.3) is 0 Å². The molecular formula is C21H22ClN7O2S3. The predicted octanol–water partition coefficient (Wildman–Crippen LogP) is 3.72. The van der Waals surface area contributed by atoms with Crippen LogP contribution in [0.1, 0.15) is 19.4 Å². The molecule has 0 bridgehead atoms. The zero-order valence-corrected chi connectivity index (χ0v) is 21.4. The molecule has 1 aliphatic heterocycles. The van der Waals surface area contributed by atoms with Crippen LogP contribution in [0.5, 0.6) is 0 Å². The van der Waals surface area contributed by atoms with E-state index in [1.54, 1.807) is 38.1 Å². The van der Waals surface area contributed by atoms with Crippen LogP contribution < -0.4 is 22.1 Å². The fraction of sp³-hybridized carbons (Fsp3) is 0.190. The summed E-state index contributed by atoms with van der Waals surface area (Å²) >= 11 is 9.11. The van der Waals surface area contributed by atoms with Gasteiger partial charge in [-0.3, -0.25) is 5.73 Å². The van der Waals surface area contributed by atoms with Gasteiger partial charge in [-0.15, -0.1) is 10.2 Å². The van der Waals surface area contributed by atoms with E-state index >= 15 is 0 Å². The molecule has 1 unspecified atom stereocenters. The van der Waals surface area contributed by atoms with Gasteiger partial charge in [-0.1, -0.05) is 59.0 Å². The minimum Gasteiger partial charge on any atom is -0.374 e. The highest BCUT2D eigenvalue weighted by Gasteiger charge is 2.31. The number of benzene rings is 2. The molecule has 34 heavy (non-hydrogen) atoms. The highest BCUT2D eigenvalue weighted by Crippen LogP contribution is 2.33. The molecular weight excluding hydrogens is 514 g/mol. The van der Waals surface area contributed by atoms with Crippen molar-refractivity contribution in [2.75, 3.05) is 11.1 Å². The Bertz CT molecular complexity index is 1370. The van der Waals surface area contributed by atoms with E-state index in [0.29, 0.717) is 16.4 Å². The molecule has 4 rings (SSSR count). The van der Waals surface area contributed by atoms with Gasteiger partial charge in [0.2, 0.25) is 10.9 Å². The number of nitrogen functional groups attached to an aromatic ring is 1. The van der Waals surface area contributed by atoms with Crippen molar-refractivity contribution in [2.45, 2.75) is 39.0 Å². The Morgan fingerprint density at radius 2 is 1.85 bits per heavy atom. The number of aliphatic imine (C=N–C) groups is 1. The van der Waals surface area contributed by atoms with Crippen LogP contribution in [-0.4, -0.2) is 29.7 Å². The molecule has 0 radical (unpaired) electrons. The number of aromatic nitrogens is 2. The third-order valence-electron chi connectivity index (χ3n) is 4.92. The van der Waals surface area contributed by atoms with Gasteiger partial charge in [0, 0.05) is 16.7 Å². The van der Waals surface area contributed by atoms with Crippen LogP contribution in [0.2, 0.25) is 0 Å². The molecule has 13 heteroatoms. The van der Waals surface area contributed by atoms with E-state index in [-0.39, 0.29) is 15.8 Å². The average Bonchev–Trinajstić information content (AvgIpc) is 3.21. The van der Waals surface area contributed by atoms with Crippen LogP contribution in [0.4, 0.5) is 10.8 Å². The summed E-state index contributed by atoms with van der Waals surface area (Å²) in [4.78, 5) is 5.68. The first kappa shape index (κ1) is 24.5. The lowest BCUT2D eigenvalue weighted by atomic mass is 10.1. The molecule has 0 fully saturated rings. The van der Waals surface area contributed by atoms with Crippen molar-refractivity contribution in [2.24, 2.45) is 10.7 Å². The van der Waals surface area contributed by atoms with Crippen LogP contribution in [0, 0.1) is 0 Å². The fourth-order valence-corrected chi connectivity index (χ4v) is 6.03. The van der Waals surface area contributed by atoms with Gasteiger partial charge in [-0.25, -0.2) is 13.4 Å². The summed E-state index contributed by atoms with van der Waals surface area (Å²) in [5.74, 6) is -1.07. The Morgan fingerprint density at radius 1 is 1.15 bits per heavy atom. The Labute approximate surface area is 210 Å². The number of para-hydroxylation sites is 1. The van der Waals surface area contributed by atoms with Crippen LogP contribution in [0.15, 0.2) is 78.9 Å². The molecule has 1 aliphatic rings. The normalized spacial score (nSPS) is 18.3. The monoisotopic (exact) mass is 535 g/mol. The molecule has 0 spiro atoms. The lowest BCUT2D eigenvalue weighted by Crippen LogP contribution is -2.50. The van der Waals surface area contributed by atoms with E-state index in [0.717, 1.165) is 9.24 Å². The van der Waals surface area contributed by atoms with Gasteiger partial charge >= 0.3 is 0 Å². The number of amidine groups is 1. The Morgan fingerprint density at radius 3 is 2.50 bits per heavy atom. The number of halogens is 1. The largest absolute Gasteiger partial charge is 0.374 e. The molecule has 9 nitrogen and oxygen atoms in total. The van der Waals surface area contributed by atoms with Crippen molar-refractivity contribution in [3.8, 4) is 0 Å². The van der Waals surface area contributed by atoms with Crippen molar-refractivity contribution >= 4 is 61.2 Å². The second-order valence-electron chi connectivity index (χ2n) is 7.61. The maximum Gasteiger partial charge on any atom is 0.211 e. The van der Waals surface area contributed by atoms with Gasteiger partial charge < -0.3 is 16.4 Å². The minimum atomic E-state index is -3.53. The van der Waals surface area contributed by atoms with Crippen molar-refractivity contribution in [1.29, 1.82) is 0 Å². The topological polar surface area (TPSA) is 148 Å². The average molecular weight is 536 g/mol. The van der Waals surface area contributed by atoms with Gasteiger partial charge in [0.25, 0.3) is 0 Å². The van der Waals surface area contributed by atoms with Crippen LogP contribution in [-0.2, 0) is 15.6 Å². The summed E-state index contributed by atoms with van der Waals surface area (Å²) in [6.45, 7) is 3.27. The second kappa shape index (κ2) is 9.55. The molecule has 1 aromatic heterocycles. The molecule has 0 saturated carbocycles. The SMILES string of the molecule is CC(C)S(=O)(=O)c1ccccc1NC1=NC(N)(c2ccc(Sc3nnc(N)s3)cc2)NC=C1Cl. The zero-order chi connectivity index (χ0) is 24.5. The van der Waals surface area contributed by atoms with Gasteiger partial charge in [-0.2, -0.15) is 0 Å². The van der Waals surface area contributed by atoms with Crippen LogP contribution in [0.3, 0.4) is 0 Å². The Balaban J connectivity index is 1.61. The van der Waals surface area contributed by atoms with E-state index < -0.39 is 20.9 Å². The second-order valence-corrected chi connectivity index (χ2v) is 12.8. The fourth-order valence-electron chi connectivity index (χ4n) is 3.08. The summed E-state index contributed by atoms with van der Waals surface area (Å²) < 4.78 is 26.3. The van der Waals surface area contributed by atoms with Crippen molar-refractivity contribution in [3.63, 3.8) is 0 Å². The van der Waals surface area contributed by atoms with E-state index in [4.69, 9.17) is 23.1 Å². The van der Waals surface area contributed by atoms with Gasteiger partial charge in [0.05, 0.1) is 20.9 Å². The summed E-state index contributed by atoms with van der Waals surface area (Å²) in [5.41, 5.74) is 13.2. The smallest absolute Gasteiger partial charge is 0.211 e. The summed E-state index contributed by atoms with van der Waals surface area (Å²) in [7, 11) is -3.53. The minimum absolute atomic E-state index is 0.164. The molecule has 6 N–H and O–H groups in total.